The summed E-state index contributed by atoms with van der Waals surface area (Å²) in [6.07, 6.45) is 1.01. The average Bonchev–Trinajstić information content (AvgIpc) is 2.24. The van der Waals surface area contributed by atoms with Gasteiger partial charge in [-0.05, 0) is 12.2 Å². The van der Waals surface area contributed by atoms with Crippen LogP contribution in [0.5, 0.6) is 0 Å². The van der Waals surface area contributed by atoms with Crippen molar-refractivity contribution < 1.29 is 5.11 Å². The molecule has 0 aromatic rings. The summed E-state index contributed by atoms with van der Waals surface area (Å²) in [7, 11) is 0. The van der Waals surface area contributed by atoms with Crippen LogP contribution in [0.25, 0.3) is 0 Å². The summed E-state index contributed by atoms with van der Waals surface area (Å²) < 4.78 is 0. The minimum Gasteiger partial charge on any atom is -0.392 e. The second kappa shape index (κ2) is 5.45. The molecular formula is C6H14OS. The van der Waals surface area contributed by atoms with Gasteiger partial charge in [0, 0.05) is 5.75 Å². The van der Waals surface area contributed by atoms with E-state index in [1.54, 1.807) is 0 Å². The SMILES string of the molecule is CC.O[C@@H]1CCSC1. The summed E-state index contributed by atoms with van der Waals surface area (Å²) in [5.74, 6) is 2.11. The maximum absolute atomic E-state index is 8.71. The number of aliphatic hydroxyl groups is 1. The summed E-state index contributed by atoms with van der Waals surface area (Å²) in [6, 6.07) is 0. The zero-order valence-electron chi connectivity index (χ0n) is 5.55. The van der Waals surface area contributed by atoms with Gasteiger partial charge in [-0.25, -0.2) is 0 Å². The Kier molecular flexibility index (Phi) is 5.66. The van der Waals surface area contributed by atoms with Crippen LogP contribution in [-0.4, -0.2) is 22.7 Å². The van der Waals surface area contributed by atoms with E-state index in [0.29, 0.717) is 0 Å². The molecule has 0 unspecified atom stereocenters. The fourth-order valence-electron chi connectivity index (χ4n) is 0.522. The second-order valence-corrected chi connectivity index (χ2v) is 2.67. The zero-order chi connectivity index (χ0) is 6.41. The predicted octanol–water partition coefficient (Wildman–Crippen LogP) is 1.51. The third-order valence-corrected chi connectivity index (χ3v) is 2.05. The van der Waals surface area contributed by atoms with Crippen LogP contribution in [0.1, 0.15) is 20.3 Å². The summed E-state index contributed by atoms with van der Waals surface area (Å²) in [4.78, 5) is 0. The lowest BCUT2D eigenvalue weighted by atomic mass is 10.3. The normalized spacial score (nSPS) is 26.6. The number of thioether (sulfide) groups is 1. The van der Waals surface area contributed by atoms with Crippen molar-refractivity contribution in [1.29, 1.82) is 0 Å². The Morgan fingerprint density at radius 2 is 2.12 bits per heavy atom. The number of aliphatic hydroxyl groups excluding tert-OH is 1. The van der Waals surface area contributed by atoms with Crippen molar-refractivity contribution >= 4 is 11.8 Å². The Balaban J connectivity index is 0.000000222. The molecule has 1 fully saturated rings. The van der Waals surface area contributed by atoms with E-state index < -0.39 is 0 Å². The van der Waals surface area contributed by atoms with Gasteiger partial charge in [0.15, 0.2) is 0 Å². The number of hydrogen-bond acceptors (Lipinski definition) is 2. The molecule has 1 atom stereocenters. The molecule has 1 N–H and O–H groups in total. The molecule has 0 radical (unpaired) electrons. The van der Waals surface area contributed by atoms with Gasteiger partial charge in [-0.15, -0.1) is 0 Å². The fourth-order valence-corrected chi connectivity index (χ4v) is 1.57. The molecule has 0 spiro atoms. The van der Waals surface area contributed by atoms with Gasteiger partial charge in [-0.2, -0.15) is 11.8 Å². The summed E-state index contributed by atoms with van der Waals surface area (Å²) in [5.41, 5.74) is 0. The topological polar surface area (TPSA) is 20.2 Å². The number of rotatable bonds is 0. The van der Waals surface area contributed by atoms with Crippen LogP contribution in [-0.2, 0) is 0 Å². The van der Waals surface area contributed by atoms with E-state index in [1.165, 1.54) is 0 Å². The Labute approximate surface area is 55.5 Å². The van der Waals surface area contributed by atoms with Gasteiger partial charge in [0.2, 0.25) is 0 Å². The molecule has 0 aromatic heterocycles. The average molecular weight is 134 g/mol. The lowest BCUT2D eigenvalue weighted by molar-refractivity contribution is 0.203. The first-order valence-corrected chi connectivity index (χ1v) is 4.31. The van der Waals surface area contributed by atoms with Crippen molar-refractivity contribution in [2.24, 2.45) is 0 Å². The van der Waals surface area contributed by atoms with Crippen molar-refractivity contribution in [2.45, 2.75) is 26.4 Å². The lowest BCUT2D eigenvalue weighted by Gasteiger charge is -1.90. The highest BCUT2D eigenvalue weighted by Crippen LogP contribution is 2.15. The molecule has 50 valence electrons. The summed E-state index contributed by atoms with van der Waals surface area (Å²) in [6.45, 7) is 4.00. The summed E-state index contributed by atoms with van der Waals surface area (Å²) >= 11 is 1.83. The molecule has 8 heavy (non-hydrogen) atoms. The van der Waals surface area contributed by atoms with E-state index in [9.17, 15) is 0 Å². The summed E-state index contributed by atoms with van der Waals surface area (Å²) in [5, 5.41) is 8.71. The van der Waals surface area contributed by atoms with Gasteiger partial charge >= 0.3 is 0 Å². The minimum absolute atomic E-state index is 0.00926. The van der Waals surface area contributed by atoms with Crippen LogP contribution >= 0.6 is 11.8 Å². The molecular weight excluding hydrogens is 120 g/mol. The molecule has 1 aliphatic heterocycles. The molecule has 0 aromatic carbocycles. The maximum atomic E-state index is 8.71. The Morgan fingerprint density at radius 3 is 2.25 bits per heavy atom. The highest BCUT2D eigenvalue weighted by molar-refractivity contribution is 7.99. The zero-order valence-corrected chi connectivity index (χ0v) is 6.37. The monoisotopic (exact) mass is 134 g/mol. The Bertz CT molecular complexity index is 41.8. The van der Waals surface area contributed by atoms with Crippen LogP contribution in [0.15, 0.2) is 0 Å². The van der Waals surface area contributed by atoms with Crippen LogP contribution < -0.4 is 0 Å². The van der Waals surface area contributed by atoms with Gasteiger partial charge < -0.3 is 5.11 Å². The second-order valence-electron chi connectivity index (χ2n) is 1.52. The largest absolute Gasteiger partial charge is 0.392 e. The van der Waals surface area contributed by atoms with E-state index >= 15 is 0 Å². The highest BCUT2D eigenvalue weighted by Gasteiger charge is 2.09. The third kappa shape index (κ3) is 3.33. The van der Waals surface area contributed by atoms with Gasteiger partial charge in [-0.3, -0.25) is 0 Å². The lowest BCUT2D eigenvalue weighted by Crippen LogP contribution is -2.00. The molecule has 2 heteroatoms. The molecule has 1 saturated heterocycles. The van der Waals surface area contributed by atoms with Crippen LogP contribution in [0.4, 0.5) is 0 Å². The molecule has 0 aliphatic carbocycles. The molecule has 0 saturated carbocycles. The molecule has 1 rings (SSSR count). The van der Waals surface area contributed by atoms with Crippen molar-refractivity contribution in [2.75, 3.05) is 11.5 Å². The molecule has 1 heterocycles. The standard InChI is InChI=1S/C4H8OS.C2H6/c5-4-1-2-6-3-4;1-2/h4-5H,1-3H2;1-2H3/t4-;/m1./s1. The maximum Gasteiger partial charge on any atom is 0.0638 e. The van der Waals surface area contributed by atoms with E-state index in [2.05, 4.69) is 0 Å². The van der Waals surface area contributed by atoms with Gasteiger partial charge in [0.05, 0.1) is 6.10 Å². The van der Waals surface area contributed by atoms with Gasteiger partial charge in [0.25, 0.3) is 0 Å². The quantitative estimate of drug-likeness (QED) is 0.542. The van der Waals surface area contributed by atoms with E-state index in [0.717, 1.165) is 17.9 Å². The van der Waals surface area contributed by atoms with E-state index in [1.807, 2.05) is 25.6 Å². The molecule has 0 amide bonds. The van der Waals surface area contributed by atoms with Crippen molar-refractivity contribution in [3.8, 4) is 0 Å². The highest BCUT2D eigenvalue weighted by atomic mass is 32.2. The third-order valence-electron chi connectivity index (χ3n) is 0.906. The Morgan fingerprint density at radius 1 is 1.50 bits per heavy atom. The van der Waals surface area contributed by atoms with Crippen LogP contribution in [0.2, 0.25) is 0 Å². The molecule has 1 aliphatic rings. The van der Waals surface area contributed by atoms with E-state index in [-0.39, 0.29) is 6.10 Å². The van der Waals surface area contributed by atoms with Crippen molar-refractivity contribution in [1.82, 2.24) is 0 Å². The van der Waals surface area contributed by atoms with E-state index in [4.69, 9.17) is 5.11 Å². The number of hydrogen-bond donors (Lipinski definition) is 1. The van der Waals surface area contributed by atoms with Crippen molar-refractivity contribution in [3.05, 3.63) is 0 Å². The Hall–Kier alpha value is 0.310. The van der Waals surface area contributed by atoms with Crippen molar-refractivity contribution in [3.63, 3.8) is 0 Å². The predicted molar refractivity (Wildman–Crippen MR) is 39.3 cm³/mol. The first kappa shape index (κ1) is 8.31. The molecule has 0 bridgehead atoms. The first-order valence-electron chi connectivity index (χ1n) is 3.15. The van der Waals surface area contributed by atoms with Gasteiger partial charge in [-0.1, -0.05) is 13.8 Å². The fraction of sp³-hybridized carbons (Fsp3) is 1.00. The molecule has 1 nitrogen and oxygen atoms in total. The smallest absolute Gasteiger partial charge is 0.0638 e. The van der Waals surface area contributed by atoms with Gasteiger partial charge in [0.1, 0.15) is 0 Å². The van der Waals surface area contributed by atoms with Crippen LogP contribution in [0.3, 0.4) is 0 Å². The first-order chi connectivity index (χ1) is 3.89. The minimum atomic E-state index is 0.00926. The van der Waals surface area contributed by atoms with Crippen LogP contribution in [0, 0.1) is 0 Å².